The highest BCUT2D eigenvalue weighted by molar-refractivity contribution is 9.10. The van der Waals surface area contributed by atoms with Crippen molar-refractivity contribution in [2.45, 2.75) is 13.8 Å². The SMILES string of the molecule is COc1ccc(Br)c(C(=O)Nc2c(C)cc(Br)cc2C)c1. The first-order chi connectivity index (χ1) is 9.92. The Morgan fingerprint density at radius 1 is 1.10 bits per heavy atom. The fourth-order valence-corrected chi connectivity index (χ4v) is 3.21. The molecule has 0 unspecified atom stereocenters. The highest BCUT2D eigenvalue weighted by Gasteiger charge is 2.14. The quantitative estimate of drug-likeness (QED) is 0.762. The molecule has 0 fully saturated rings. The van der Waals surface area contributed by atoms with Crippen LogP contribution in [0.25, 0.3) is 0 Å². The van der Waals surface area contributed by atoms with E-state index in [1.54, 1.807) is 25.3 Å². The monoisotopic (exact) mass is 411 g/mol. The number of halogens is 2. The lowest BCUT2D eigenvalue weighted by Gasteiger charge is -2.13. The van der Waals surface area contributed by atoms with Crippen LogP contribution >= 0.6 is 31.9 Å². The zero-order valence-electron chi connectivity index (χ0n) is 12.0. The van der Waals surface area contributed by atoms with E-state index in [1.807, 2.05) is 26.0 Å². The molecule has 2 aromatic carbocycles. The largest absolute Gasteiger partial charge is 0.497 e. The molecule has 0 spiro atoms. The van der Waals surface area contributed by atoms with E-state index in [0.29, 0.717) is 11.3 Å². The molecule has 2 rings (SSSR count). The molecule has 0 saturated carbocycles. The molecule has 0 aliphatic rings. The van der Waals surface area contributed by atoms with Gasteiger partial charge in [-0.1, -0.05) is 15.9 Å². The van der Waals surface area contributed by atoms with Crippen LogP contribution in [0.1, 0.15) is 21.5 Å². The van der Waals surface area contributed by atoms with Crippen LogP contribution in [0.3, 0.4) is 0 Å². The predicted octanol–water partition coefficient (Wildman–Crippen LogP) is 5.09. The normalized spacial score (nSPS) is 10.3. The number of hydrogen-bond donors (Lipinski definition) is 1. The van der Waals surface area contributed by atoms with Crippen molar-refractivity contribution in [1.29, 1.82) is 0 Å². The molecule has 0 aliphatic carbocycles. The first-order valence-corrected chi connectivity index (χ1v) is 7.92. The lowest BCUT2D eigenvalue weighted by Crippen LogP contribution is -2.14. The van der Waals surface area contributed by atoms with Crippen molar-refractivity contribution in [3.05, 3.63) is 56.0 Å². The van der Waals surface area contributed by atoms with E-state index >= 15 is 0 Å². The molecule has 0 atom stereocenters. The van der Waals surface area contributed by atoms with Crippen LogP contribution in [0.4, 0.5) is 5.69 Å². The number of rotatable bonds is 3. The second-order valence-electron chi connectivity index (χ2n) is 4.71. The summed E-state index contributed by atoms with van der Waals surface area (Å²) in [7, 11) is 1.58. The van der Waals surface area contributed by atoms with Crippen molar-refractivity contribution in [1.82, 2.24) is 0 Å². The fraction of sp³-hybridized carbons (Fsp3) is 0.188. The van der Waals surface area contributed by atoms with Gasteiger partial charge in [0.1, 0.15) is 5.75 Å². The molecule has 1 amide bonds. The van der Waals surface area contributed by atoms with Gasteiger partial charge in [0.2, 0.25) is 0 Å². The van der Waals surface area contributed by atoms with Crippen LogP contribution in [0.5, 0.6) is 5.75 Å². The van der Waals surface area contributed by atoms with Gasteiger partial charge in [-0.3, -0.25) is 4.79 Å². The van der Waals surface area contributed by atoms with Crippen LogP contribution in [0.15, 0.2) is 39.3 Å². The molecule has 21 heavy (non-hydrogen) atoms. The summed E-state index contributed by atoms with van der Waals surface area (Å²) in [6.45, 7) is 3.93. The molecule has 0 radical (unpaired) electrons. The molecule has 0 heterocycles. The second kappa shape index (κ2) is 6.62. The number of methoxy groups -OCH3 is 1. The van der Waals surface area contributed by atoms with Crippen molar-refractivity contribution < 1.29 is 9.53 Å². The third kappa shape index (κ3) is 3.66. The van der Waals surface area contributed by atoms with Crippen LogP contribution in [-0.2, 0) is 0 Å². The summed E-state index contributed by atoms with van der Waals surface area (Å²) in [4.78, 5) is 12.5. The standard InChI is InChI=1S/C16H15Br2NO2/c1-9-6-11(17)7-10(2)15(9)19-16(20)13-8-12(21-3)4-5-14(13)18/h4-8H,1-3H3,(H,19,20). The third-order valence-electron chi connectivity index (χ3n) is 3.15. The van der Waals surface area contributed by atoms with Gasteiger partial charge in [-0.05, 0) is 71.2 Å². The molecule has 0 bridgehead atoms. The van der Waals surface area contributed by atoms with Gasteiger partial charge in [0.05, 0.1) is 12.7 Å². The Morgan fingerprint density at radius 2 is 1.71 bits per heavy atom. The van der Waals surface area contributed by atoms with E-state index < -0.39 is 0 Å². The number of anilines is 1. The number of aryl methyl sites for hydroxylation is 2. The third-order valence-corrected chi connectivity index (χ3v) is 4.30. The molecule has 5 heteroatoms. The molecule has 0 aromatic heterocycles. The first-order valence-electron chi connectivity index (χ1n) is 6.34. The highest BCUT2D eigenvalue weighted by Crippen LogP contribution is 2.27. The Kier molecular flexibility index (Phi) is 5.06. The van der Waals surface area contributed by atoms with E-state index in [1.165, 1.54) is 0 Å². The van der Waals surface area contributed by atoms with Crippen LogP contribution < -0.4 is 10.1 Å². The van der Waals surface area contributed by atoms with Gasteiger partial charge < -0.3 is 10.1 Å². The molecular weight excluding hydrogens is 398 g/mol. The van der Waals surface area contributed by atoms with Gasteiger partial charge in [0, 0.05) is 14.6 Å². The van der Waals surface area contributed by atoms with Crippen LogP contribution in [-0.4, -0.2) is 13.0 Å². The lowest BCUT2D eigenvalue weighted by molar-refractivity contribution is 0.102. The zero-order valence-corrected chi connectivity index (χ0v) is 15.1. The second-order valence-corrected chi connectivity index (χ2v) is 6.48. The van der Waals surface area contributed by atoms with Gasteiger partial charge >= 0.3 is 0 Å². The minimum atomic E-state index is -0.172. The first kappa shape index (κ1) is 16.0. The molecule has 0 aliphatic heterocycles. The zero-order chi connectivity index (χ0) is 15.6. The Hall–Kier alpha value is -1.33. The van der Waals surface area contributed by atoms with E-state index in [4.69, 9.17) is 4.74 Å². The fourth-order valence-electron chi connectivity index (χ4n) is 2.09. The number of carbonyl (C=O) groups excluding carboxylic acids is 1. The van der Waals surface area contributed by atoms with Crippen molar-refractivity contribution in [2.75, 3.05) is 12.4 Å². The van der Waals surface area contributed by atoms with E-state index in [2.05, 4.69) is 37.2 Å². The summed E-state index contributed by atoms with van der Waals surface area (Å²) in [5.41, 5.74) is 3.39. The summed E-state index contributed by atoms with van der Waals surface area (Å²) in [5.74, 6) is 0.474. The van der Waals surface area contributed by atoms with Crippen molar-refractivity contribution in [2.24, 2.45) is 0 Å². The average molecular weight is 413 g/mol. The molecule has 0 saturated heterocycles. The number of benzene rings is 2. The lowest BCUT2D eigenvalue weighted by atomic mass is 10.1. The van der Waals surface area contributed by atoms with Crippen molar-refractivity contribution in [3.63, 3.8) is 0 Å². The summed E-state index contributed by atoms with van der Waals surface area (Å²) in [6, 6.07) is 9.27. The minimum absolute atomic E-state index is 0.172. The van der Waals surface area contributed by atoms with Crippen LogP contribution in [0, 0.1) is 13.8 Å². The molecule has 2 aromatic rings. The summed E-state index contributed by atoms with van der Waals surface area (Å²) >= 11 is 6.85. The van der Waals surface area contributed by atoms with Gasteiger partial charge in [-0.2, -0.15) is 0 Å². The molecule has 110 valence electrons. The van der Waals surface area contributed by atoms with Crippen molar-refractivity contribution >= 4 is 43.5 Å². The van der Waals surface area contributed by atoms with Crippen LogP contribution in [0.2, 0.25) is 0 Å². The smallest absolute Gasteiger partial charge is 0.256 e. The Bertz CT molecular complexity index is 676. The average Bonchev–Trinajstić information content (AvgIpc) is 2.43. The number of carbonyl (C=O) groups is 1. The predicted molar refractivity (Wildman–Crippen MR) is 92.3 cm³/mol. The summed E-state index contributed by atoms with van der Waals surface area (Å²) in [6.07, 6.45) is 0. The summed E-state index contributed by atoms with van der Waals surface area (Å²) < 4.78 is 6.89. The summed E-state index contributed by atoms with van der Waals surface area (Å²) in [5, 5.41) is 2.97. The van der Waals surface area contributed by atoms with E-state index in [9.17, 15) is 4.79 Å². The number of nitrogens with one attached hydrogen (secondary N) is 1. The number of ether oxygens (including phenoxy) is 1. The van der Waals surface area contributed by atoms with E-state index in [0.717, 1.165) is 25.8 Å². The highest BCUT2D eigenvalue weighted by atomic mass is 79.9. The van der Waals surface area contributed by atoms with Gasteiger partial charge in [0.25, 0.3) is 5.91 Å². The molecule has 1 N–H and O–H groups in total. The van der Waals surface area contributed by atoms with Gasteiger partial charge in [-0.25, -0.2) is 0 Å². The van der Waals surface area contributed by atoms with Gasteiger partial charge in [-0.15, -0.1) is 0 Å². The van der Waals surface area contributed by atoms with Crippen molar-refractivity contribution in [3.8, 4) is 5.75 Å². The maximum atomic E-state index is 12.5. The number of hydrogen-bond acceptors (Lipinski definition) is 2. The van der Waals surface area contributed by atoms with E-state index in [-0.39, 0.29) is 5.91 Å². The topological polar surface area (TPSA) is 38.3 Å². The molecule has 3 nitrogen and oxygen atoms in total. The minimum Gasteiger partial charge on any atom is -0.497 e. The van der Waals surface area contributed by atoms with Gasteiger partial charge in [0.15, 0.2) is 0 Å². The molecular formula is C16H15Br2NO2. The maximum Gasteiger partial charge on any atom is 0.256 e. The Balaban J connectivity index is 2.35. The Labute approximate surface area is 141 Å². The maximum absolute atomic E-state index is 12.5. The number of amides is 1. The Morgan fingerprint density at radius 3 is 2.29 bits per heavy atom.